The average Bonchev–Trinajstić information content (AvgIpc) is 2.37. The maximum atomic E-state index is 11.8. The van der Waals surface area contributed by atoms with Crippen LogP contribution in [0.3, 0.4) is 0 Å². The van der Waals surface area contributed by atoms with E-state index in [4.69, 9.17) is 0 Å². The Kier molecular flexibility index (Phi) is 6.87. The quantitative estimate of drug-likeness (QED) is 0.735. The third-order valence-corrected chi connectivity index (χ3v) is 2.73. The van der Waals surface area contributed by atoms with Crippen molar-refractivity contribution >= 4 is 0 Å². The fourth-order valence-electron chi connectivity index (χ4n) is 1.71. The molecule has 0 aromatic heterocycles. The first-order valence-corrected chi connectivity index (χ1v) is 6.39. The predicted octanol–water partition coefficient (Wildman–Crippen LogP) is 3.35. The largest absolute Gasteiger partial charge is 0.411 e. The first-order valence-electron chi connectivity index (χ1n) is 6.39. The number of benzene rings is 1. The van der Waals surface area contributed by atoms with Gasteiger partial charge in [-0.3, -0.25) is 0 Å². The molecular formula is C14H20F3NO. The van der Waals surface area contributed by atoms with Gasteiger partial charge in [0.25, 0.3) is 0 Å². The first kappa shape index (κ1) is 16.0. The Morgan fingerprint density at radius 2 is 1.89 bits per heavy atom. The minimum absolute atomic E-state index is 0.131. The fourth-order valence-corrected chi connectivity index (χ4v) is 1.71. The standard InChI is InChI=1S/C14H20F3NO/c1-12(13-6-3-2-4-7-13)10-18-8-5-9-19-11-14(15,16)17/h2-4,6-7,12,18H,5,8-11H2,1H3. The molecule has 0 aliphatic carbocycles. The third-order valence-electron chi connectivity index (χ3n) is 2.73. The normalized spacial score (nSPS) is 13.5. The van der Waals surface area contributed by atoms with E-state index >= 15 is 0 Å². The van der Waals surface area contributed by atoms with Crippen LogP contribution in [0.15, 0.2) is 30.3 Å². The Bertz CT molecular complexity index is 340. The molecule has 0 bridgehead atoms. The van der Waals surface area contributed by atoms with E-state index in [2.05, 4.69) is 29.1 Å². The van der Waals surface area contributed by atoms with Crippen molar-refractivity contribution in [3.05, 3.63) is 35.9 Å². The van der Waals surface area contributed by atoms with Gasteiger partial charge in [-0.1, -0.05) is 37.3 Å². The van der Waals surface area contributed by atoms with E-state index in [1.54, 1.807) is 0 Å². The Hall–Kier alpha value is -1.07. The molecule has 2 nitrogen and oxygen atoms in total. The van der Waals surface area contributed by atoms with Crippen molar-refractivity contribution in [2.45, 2.75) is 25.4 Å². The van der Waals surface area contributed by atoms with E-state index in [1.807, 2.05) is 18.2 Å². The second kappa shape index (κ2) is 8.17. The molecule has 19 heavy (non-hydrogen) atoms. The van der Waals surface area contributed by atoms with Gasteiger partial charge in [-0.05, 0) is 24.4 Å². The van der Waals surface area contributed by atoms with Crippen LogP contribution in [-0.2, 0) is 4.74 Å². The van der Waals surface area contributed by atoms with Crippen LogP contribution < -0.4 is 5.32 Å². The molecule has 0 radical (unpaired) electrons. The van der Waals surface area contributed by atoms with Gasteiger partial charge in [0, 0.05) is 13.2 Å². The molecule has 1 N–H and O–H groups in total. The molecule has 1 aromatic carbocycles. The SMILES string of the molecule is CC(CNCCCOCC(F)(F)F)c1ccccc1. The van der Waals surface area contributed by atoms with E-state index < -0.39 is 12.8 Å². The van der Waals surface area contributed by atoms with Crippen LogP contribution in [0, 0.1) is 0 Å². The Morgan fingerprint density at radius 3 is 2.53 bits per heavy atom. The summed E-state index contributed by atoms with van der Waals surface area (Å²) in [5.74, 6) is 0.386. The molecule has 5 heteroatoms. The highest BCUT2D eigenvalue weighted by Gasteiger charge is 2.27. The van der Waals surface area contributed by atoms with E-state index in [-0.39, 0.29) is 6.61 Å². The summed E-state index contributed by atoms with van der Waals surface area (Å²) in [4.78, 5) is 0. The number of nitrogens with one attached hydrogen (secondary N) is 1. The van der Waals surface area contributed by atoms with Gasteiger partial charge in [0.1, 0.15) is 6.61 Å². The van der Waals surface area contributed by atoms with Crippen molar-refractivity contribution in [1.29, 1.82) is 0 Å². The lowest BCUT2D eigenvalue weighted by Gasteiger charge is -2.13. The molecule has 0 fully saturated rings. The lowest BCUT2D eigenvalue weighted by atomic mass is 10.0. The number of alkyl halides is 3. The molecule has 0 heterocycles. The molecule has 0 aliphatic heterocycles. The zero-order valence-electron chi connectivity index (χ0n) is 11.0. The van der Waals surface area contributed by atoms with Crippen LogP contribution in [0.25, 0.3) is 0 Å². The second-order valence-electron chi connectivity index (χ2n) is 4.54. The average molecular weight is 275 g/mol. The van der Waals surface area contributed by atoms with Crippen molar-refractivity contribution in [2.24, 2.45) is 0 Å². The molecule has 0 aliphatic rings. The highest BCUT2D eigenvalue weighted by molar-refractivity contribution is 5.18. The smallest absolute Gasteiger partial charge is 0.372 e. The summed E-state index contributed by atoms with van der Waals surface area (Å²) in [5.41, 5.74) is 1.25. The minimum Gasteiger partial charge on any atom is -0.372 e. The minimum atomic E-state index is -4.23. The maximum Gasteiger partial charge on any atom is 0.411 e. The fraction of sp³-hybridized carbons (Fsp3) is 0.571. The van der Waals surface area contributed by atoms with Crippen molar-refractivity contribution in [1.82, 2.24) is 5.32 Å². The van der Waals surface area contributed by atoms with Crippen LogP contribution in [-0.4, -0.2) is 32.5 Å². The van der Waals surface area contributed by atoms with Gasteiger partial charge in [0.15, 0.2) is 0 Å². The Balaban J connectivity index is 2.02. The topological polar surface area (TPSA) is 21.3 Å². The summed E-state index contributed by atoms with van der Waals surface area (Å²) < 4.78 is 39.9. The summed E-state index contributed by atoms with van der Waals surface area (Å²) in [6.45, 7) is 2.56. The van der Waals surface area contributed by atoms with Gasteiger partial charge in [-0.2, -0.15) is 13.2 Å². The number of halogens is 3. The highest BCUT2D eigenvalue weighted by atomic mass is 19.4. The maximum absolute atomic E-state index is 11.8. The zero-order valence-corrected chi connectivity index (χ0v) is 11.0. The summed E-state index contributed by atoms with van der Waals surface area (Å²) in [6.07, 6.45) is -3.65. The predicted molar refractivity (Wildman–Crippen MR) is 69.2 cm³/mol. The molecular weight excluding hydrogens is 255 g/mol. The molecule has 1 aromatic rings. The highest BCUT2D eigenvalue weighted by Crippen LogP contribution is 2.14. The summed E-state index contributed by atoms with van der Waals surface area (Å²) in [7, 11) is 0. The number of ether oxygens (including phenoxy) is 1. The van der Waals surface area contributed by atoms with Gasteiger partial charge >= 0.3 is 6.18 Å². The van der Waals surface area contributed by atoms with Crippen LogP contribution in [0.1, 0.15) is 24.8 Å². The van der Waals surface area contributed by atoms with E-state index in [0.29, 0.717) is 18.9 Å². The van der Waals surface area contributed by atoms with E-state index in [0.717, 1.165) is 6.54 Å². The molecule has 0 amide bonds. The van der Waals surface area contributed by atoms with Gasteiger partial charge < -0.3 is 10.1 Å². The summed E-state index contributed by atoms with van der Waals surface area (Å²) in [6, 6.07) is 10.1. The molecule has 1 atom stereocenters. The Morgan fingerprint density at radius 1 is 1.21 bits per heavy atom. The van der Waals surface area contributed by atoms with Gasteiger partial charge in [0.2, 0.25) is 0 Å². The molecule has 0 saturated carbocycles. The Labute approximate surface area is 112 Å². The van der Waals surface area contributed by atoms with E-state index in [9.17, 15) is 13.2 Å². The van der Waals surface area contributed by atoms with Gasteiger partial charge in [-0.15, -0.1) is 0 Å². The molecule has 1 unspecified atom stereocenters. The van der Waals surface area contributed by atoms with Crippen LogP contribution >= 0.6 is 0 Å². The van der Waals surface area contributed by atoms with Gasteiger partial charge in [0.05, 0.1) is 0 Å². The lowest BCUT2D eigenvalue weighted by Crippen LogP contribution is -2.23. The molecule has 108 valence electrons. The molecule has 1 rings (SSSR count). The molecule has 0 saturated heterocycles. The molecule has 0 spiro atoms. The first-order chi connectivity index (χ1) is 8.99. The van der Waals surface area contributed by atoms with Crippen LogP contribution in [0.5, 0.6) is 0 Å². The number of hydrogen-bond donors (Lipinski definition) is 1. The monoisotopic (exact) mass is 275 g/mol. The van der Waals surface area contributed by atoms with Crippen molar-refractivity contribution in [2.75, 3.05) is 26.3 Å². The third kappa shape index (κ3) is 7.85. The van der Waals surface area contributed by atoms with Crippen molar-refractivity contribution in [3.63, 3.8) is 0 Å². The number of rotatable bonds is 8. The number of hydrogen-bond acceptors (Lipinski definition) is 2. The van der Waals surface area contributed by atoms with Crippen molar-refractivity contribution < 1.29 is 17.9 Å². The van der Waals surface area contributed by atoms with Crippen LogP contribution in [0.2, 0.25) is 0 Å². The zero-order chi connectivity index (χ0) is 14.1. The van der Waals surface area contributed by atoms with Crippen molar-refractivity contribution in [3.8, 4) is 0 Å². The van der Waals surface area contributed by atoms with Gasteiger partial charge in [-0.25, -0.2) is 0 Å². The van der Waals surface area contributed by atoms with E-state index in [1.165, 1.54) is 5.56 Å². The summed E-state index contributed by atoms with van der Waals surface area (Å²) in [5, 5.41) is 3.22. The summed E-state index contributed by atoms with van der Waals surface area (Å²) >= 11 is 0. The van der Waals surface area contributed by atoms with Crippen LogP contribution in [0.4, 0.5) is 13.2 Å². The lowest BCUT2D eigenvalue weighted by molar-refractivity contribution is -0.173. The second-order valence-corrected chi connectivity index (χ2v) is 4.54.